The molecule has 3 heteroatoms. The maximum absolute atomic E-state index is 13.9. The van der Waals surface area contributed by atoms with E-state index in [1.807, 2.05) is 13.0 Å². The first-order valence-electron chi connectivity index (χ1n) is 7.34. The van der Waals surface area contributed by atoms with Crippen LogP contribution in [0.5, 0.6) is 0 Å². The number of rotatable bonds is 6. The summed E-state index contributed by atoms with van der Waals surface area (Å²) in [6.07, 6.45) is 5.49. The van der Waals surface area contributed by atoms with Gasteiger partial charge in [-0.1, -0.05) is 38.0 Å². The van der Waals surface area contributed by atoms with Crippen LogP contribution in [-0.2, 0) is 4.74 Å². The maximum atomic E-state index is 13.9. The lowest BCUT2D eigenvalue weighted by Gasteiger charge is -2.25. The van der Waals surface area contributed by atoms with Crippen LogP contribution >= 0.6 is 0 Å². The summed E-state index contributed by atoms with van der Waals surface area (Å²) in [6, 6.07) is 6.64. The average Bonchev–Trinajstić information content (AvgIpc) is 2.93. The second kappa shape index (κ2) is 7.01. The Morgan fingerprint density at radius 1 is 1.32 bits per heavy atom. The van der Waals surface area contributed by atoms with Gasteiger partial charge in [-0.05, 0) is 31.2 Å². The summed E-state index contributed by atoms with van der Waals surface area (Å²) in [5.41, 5.74) is 6.70. The van der Waals surface area contributed by atoms with Gasteiger partial charge in [-0.15, -0.1) is 0 Å². The van der Waals surface area contributed by atoms with Crippen molar-refractivity contribution in [1.29, 1.82) is 0 Å². The largest absolute Gasteiger partial charge is 0.372 e. The summed E-state index contributed by atoms with van der Waals surface area (Å²) < 4.78 is 19.9. The van der Waals surface area contributed by atoms with E-state index in [4.69, 9.17) is 10.5 Å². The summed E-state index contributed by atoms with van der Waals surface area (Å²) in [4.78, 5) is 0. The van der Waals surface area contributed by atoms with Gasteiger partial charge in [-0.25, -0.2) is 4.39 Å². The minimum atomic E-state index is -0.327. The van der Waals surface area contributed by atoms with E-state index in [1.165, 1.54) is 31.7 Å². The fourth-order valence-corrected chi connectivity index (χ4v) is 2.78. The molecule has 106 valence electrons. The Hall–Kier alpha value is -0.930. The van der Waals surface area contributed by atoms with Crippen LogP contribution in [0, 0.1) is 11.7 Å². The van der Waals surface area contributed by atoms with Crippen molar-refractivity contribution in [1.82, 2.24) is 0 Å². The van der Waals surface area contributed by atoms with E-state index in [1.54, 1.807) is 12.1 Å². The van der Waals surface area contributed by atoms with Crippen LogP contribution in [0.15, 0.2) is 24.3 Å². The van der Waals surface area contributed by atoms with E-state index in [-0.39, 0.29) is 18.0 Å². The number of nitrogens with two attached hydrogens (primary N) is 1. The molecule has 0 saturated heterocycles. The zero-order valence-electron chi connectivity index (χ0n) is 11.6. The van der Waals surface area contributed by atoms with Gasteiger partial charge in [0.2, 0.25) is 0 Å². The molecule has 2 unspecified atom stereocenters. The molecule has 0 amide bonds. The van der Waals surface area contributed by atoms with Crippen LogP contribution in [0.4, 0.5) is 4.39 Å². The molecule has 1 aliphatic rings. The lowest BCUT2D eigenvalue weighted by Crippen LogP contribution is -2.31. The van der Waals surface area contributed by atoms with Crippen molar-refractivity contribution in [3.05, 3.63) is 35.6 Å². The van der Waals surface area contributed by atoms with E-state index < -0.39 is 0 Å². The number of hydrogen-bond acceptors (Lipinski definition) is 2. The third-order valence-electron chi connectivity index (χ3n) is 4.06. The van der Waals surface area contributed by atoms with Gasteiger partial charge in [-0.2, -0.15) is 0 Å². The Morgan fingerprint density at radius 3 is 2.63 bits per heavy atom. The molecule has 1 aromatic rings. The van der Waals surface area contributed by atoms with Gasteiger partial charge in [0.15, 0.2) is 0 Å². The van der Waals surface area contributed by atoms with E-state index in [2.05, 4.69) is 0 Å². The zero-order valence-corrected chi connectivity index (χ0v) is 11.6. The van der Waals surface area contributed by atoms with Gasteiger partial charge in [0.05, 0.1) is 6.61 Å². The molecule has 0 bridgehead atoms. The van der Waals surface area contributed by atoms with Crippen LogP contribution in [0.1, 0.15) is 50.7 Å². The molecule has 0 radical (unpaired) electrons. The molecule has 1 aromatic carbocycles. The summed E-state index contributed by atoms with van der Waals surface area (Å²) in [5.74, 6) is 0.404. The molecule has 2 N–H and O–H groups in total. The fourth-order valence-electron chi connectivity index (χ4n) is 2.78. The lowest BCUT2D eigenvalue weighted by molar-refractivity contribution is 0.0107. The topological polar surface area (TPSA) is 35.2 Å². The smallest absolute Gasteiger partial charge is 0.129 e. The molecule has 2 rings (SSSR count). The van der Waals surface area contributed by atoms with Gasteiger partial charge >= 0.3 is 0 Å². The third kappa shape index (κ3) is 3.77. The van der Waals surface area contributed by atoms with Crippen molar-refractivity contribution in [2.24, 2.45) is 11.7 Å². The summed E-state index contributed by atoms with van der Waals surface area (Å²) in [5, 5.41) is 0. The molecule has 1 fully saturated rings. The van der Waals surface area contributed by atoms with E-state index in [9.17, 15) is 4.39 Å². The molecule has 2 atom stereocenters. The Morgan fingerprint density at radius 2 is 2.00 bits per heavy atom. The predicted octanol–water partition coefficient (Wildman–Crippen LogP) is 3.81. The molecular formula is C16H24FNO. The van der Waals surface area contributed by atoms with Gasteiger partial charge in [0, 0.05) is 11.6 Å². The molecule has 0 aromatic heterocycles. The first-order valence-corrected chi connectivity index (χ1v) is 7.34. The first kappa shape index (κ1) is 14.5. The number of benzene rings is 1. The highest BCUT2D eigenvalue weighted by Gasteiger charge is 2.24. The van der Waals surface area contributed by atoms with Gasteiger partial charge in [0.1, 0.15) is 11.9 Å². The van der Waals surface area contributed by atoms with Gasteiger partial charge < -0.3 is 10.5 Å². The Labute approximate surface area is 115 Å². The van der Waals surface area contributed by atoms with Crippen LogP contribution in [0.25, 0.3) is 0 Å². The van der Waals surface area contributed by atoms with Crippen molar-refractivity contribution in [2.75, 3.05) is 6.61 Å². The highest BCUT2D eigenvalue weighted by atomic mass is 19.1. The van der Waals surface area contributed by atoms with Crippen molar-refractivity contribution in [3.8, 4) is 0 Å². The van der Waals surface area contributed by atoms with Crippen LogP contribution in [0.2, 0.25) is 0 Å². The van der Waals surface area contributed by atoms with Crippen molar-refractivity contribution < 1.29 is 9.13 Å². The molecule has 2 nitrogen and oxygen atoms in total. The summed E-state index contributed by atoms with van der Waals surface area (Å²) >= 11 is 0. The normalized spacial score (nSPS) is 19.5. The maximum Gasteiger partial charge on any atom is 0.129 e. The number of halogens is 1. The van der Waals surface area contributed by atoms with Gasteiger partial charge in [-0.3, -0.25) is 0 Å². The number of hydrogen-bond donors (Lipinski definition) is 1. The van der Waals surface area contributed by atoms with Crippen molar-refractivity contribution in [3.63, 3.8) is 0 Å². The van der Waals surface area contributed by atoms with Crippen LogP contribution in [0.3, 0.4) is 0 Å². The second-order valence-corrected chi connectivity index (χ2v) is 5.50. The quantitative estimate of drug-likeness (QED) is 0.849. The molecule has 0 spiro atoms. The first-order chi connectivity index (χ1) is 9.22. The monoisotopic (exact) mass is 265 g/mol. The van der Waals surface area contributed by atoms with Crippen molar-refractivity contribution in [2.45, 2.75) is 51.2 Å². The molecule has 1 aliphatic carbocycles. The molecular weight excluding hydrogens is 241 g/mol. The standard InChI is InChI=1S/C16H24FNO/c1-2-15(18)16(13-9-5-6-10-14(13)17)19-11-12-7-3-4-8-12/h5-6,9-10,12,15-16H,2-4,7-8,11,18H2,1H3. The third-order valence-corrected chi connectivity index (χ3v) is 4.06. The SMILES string of the molecule is CCC(N)C(OCC1CCCC1)c1ccccc1F. The minimum Gasteiger partial charge on any atom is -0.372 e. The Kier molecular flexibility index (Phi) is 5.34. The fraction of sp³-hybridized carbons (Fsp3) is 0.625. The van der Waals surface area contributed by atoms with E-state index >= 15 is 0 Å². The second-order valence-electron chi connectivity index (χ2n) is 5.50. The summed E-state index contributed by atoms with van der Waals surface area (Å²) in [7, 11) is 0. The molecule has 19 heavy (non-hydrogen) atoms. The Bertz CT molecular complexity index is 390. The van der Waals surface area contributed by atoms with Crippen molar-refractivity contribution >= 4 is 0 Å². The average molecular weight is 265 g/mol. The predicted molar refractivity (Wildman–Crippen MR) is 75.3 cm³/mol. The molecule has 0 heterocycles. The molecule has 0 aliphatic heterocycles. The van der Waals surface area contributed by atoms with Crippen LogP contribution in [-0.4, -0.2) is 12.6 Å². The van der Waals surface area contributed by atoms with Gasteiger partial charge in [0.25, 0.3) is 0 Å². The molecule has 1 saturated carbocycles. The van der Waals surface area contributed by atoms with Crippen LogP contribution < -0.4 is 5.73 Å². The minimum absolute atomic E-state index is 0.154. The number of ether oxygens (including phenoxy) is 1. The van der Waals surface area contributed by atoms with E-state index in [0.29, 0.717) is 18.1 Å². The summed E-state index contributed by atoms with van der Waals surface area (Å²) in [6.45, 7) is 2.71. The highest BCUT2D eigenvalue weighted by Crippen LogP contribution is 2.29. The van der Waals surface area contributed by atoms with E-state index in [0.717, 1.165) is 6.42 Å². The highest BCUT2D eigenvalue weighted by molar-refractivity contribution is 5.21. The zero-order chi connectivity index (χ0) is 13.7. The Balaban J connectivity index is 2.05. The lowest BCUT2D eigenvalue weighted by atomic mass is 10.00.